The van der Waals surface area contributed by atoms with Gasteiger partial charge in [0, 0.05) is 32.5 Å². The van der Waals surface area contributed by atoms with Gasteiger partial charge in [-0.25, -0.2) is 0 Å². The quantitative estimate of drug-likeness (QED) is 0.339. The highest BCUT2D eigenvalue weighted by molar-refractivity contribution is 5.52. The average Bonchev–Trinajstić information content (AvgIpc) is 3.42. The number of benzene rings is 1. The Labute approximate surface area is 173 Å². The molecule has 3 aromatic heterocycles. The lowest BCUT2D eigenvalue weighted by Crippen LogP contribution is -2.12. The van der Waals surface area contributed by atoms with Crippen LogP contribution in [0.25, 0.3) is 17.4 Å². The Bertz CT molecular complexity index is 1080. The number of nitrogen functional groups attached to an aromatic ring is 1. The van der Waals surface area contributed by atoms with Gasteiger partial charge in [0.2, 0.25) is 17.7 Å². The molecular formula is C20H24N8O2. The molecule has 0 bridgehead atoms. The topological polar surface area (TPSA) is 128 Å². The molecule has 0 spiro atoms. The molecule has 10 nitrogen and oxygen atoms in total. The fourth-order valence-corrected chi connectivity index (χ4v) is 2.95. The Morgan fingerprint density at radius 1 is 1.07 bits per heavy atom. The number of anilines is 3. The maximum absolute atomic E-state index is 6.01. The zero-order valence-electron chi connectivity index (χ0n) is 16.7. The number of nitrogens with zero attached hydrogens (tertiary/aromatic N) is 5. The van der Waals surface area contributed by atoms with Crippen LogP contribution >= 0.6 is 0 Å². The number of nitrogens with two attached hydrogens (primary N) is 1. The van der Waals surface area contributed by atoms with Crippen molar-refractivity contribution in [1.82, 2.24) is 24.6 Å². The van der Waals surface area contributed by atoms with Crippen molar-refractivity contribution in [1.29, 1.82) is 0 Å². The molecular weight excluding hydrogens is 384 g/mol. The third-order valence-electron chi connectivity index (χ3n) is 4.48. The summed E-state index contributed by atoms with van der Waals surface area (Å²) in [6.07, 6.45) is 3.36. The number of nitrogens with one attached hydrogen (secondary N) is 2. The first kappa shape index (κ1) is 19.6. The highest BCUT2D eigenvalue weighted by Crippen LogP contribution is 2.17. The van der Waals surface area contributed by atoms with E-state index in [1.165, 1.54) is 10.1 Å². The lowest BCUT2D eigenvalue weighted by atomic mass is 10.1. The third kappa shape index (κ3) is 4.66. The number of rotatable bonds is 10. The first-order valence-electron chi connectivity index (χ1n) is 9.73. The number of fused-ring (bicyclic) bond motifs is 1. The molecule has 0 saturated heterocycles. The average molecular weight is 408 g/mol. The molecule has 0 radical (unpaired) electrons. The standard InChI is InChI=1S/C20H24N8O2/c1-29-12-3-10-22-15-7-5-14(6-8-15)9-11-23-19-25-18(21)28-20(26-19)24-17(27-28)16-4-2-13-30-16/h2,4-8,13,22H,3,9-12H2,1H3,(H3,21,23,24,25,26,27). The van der Waals surface area contributed by atoms with Gasteiger partial charge in [0.1, 0.15) is 0 Å². The van der Waals surface area contributed by atoms with Crippen LogP contribution in [0.15, 0.2) is 47.1 Å². The van der Waals surface area contributed by atoms with Crippen LogP contribution in [-0.4, -0.2) is 51.4 Å². The van der Waals surface area contributed by atoms with E-state index in [0.717, 1.165) is 31.7 Å². The summed E-state index contributed by atoms with van der Waals surface area (Å²) in [5, 5.41) is 10.9. The van der Waals surface area contributed by atoms with Crippen molar-refractivity contribution < 1.29 is 9.15 Å². The highest BCUT2D eigenvalue weighted by Gasteiger charge is 2.13. The van der Waals surface area contributed by atoms with Gasteiger partial charge in [-0.1, -0.05) is 12.1 Å². The van der Waals surface area contributed by atoms with Crippen molar-refractivity contribution in [2.75, 3.05) is 43.2 Å². The number of methoxy groups -OCH3 is 1. The summed E-state index contributed by atoms with van der Waals surface area (Å²) in [6.45, 7) is 2.31. The van der Waals surface area contributed by atoms with Crippen LogP contribution < -0.4 is 16.4 Å². The zero-order chi connectivity index (χ0) is 20.8. The van der Waals surface area contributed by atoms with Gasteiger partial charge in [-0.05, 0) is 42.7 Å². The van der Waals surface area contributed by atoms with Crippen LogP contribution in [0.2, 0.25) is 0 Å². The van der Waals surface area contributed by atoms with Gasteiger partial charge in [-0.3, -0.25) is 0 Å². The van der Waals surface area contributed by atoms with Crippen molar-refractivity contribution in [2.24, 2.45) is 0 Å². The second-order valence-electron chi connectivity index (χ2n) is 6.68. The number of ether oxygens (including phenoxy) is 1. The molecule has 0 atom stereocenters. The molecule has 4 aromatic rings. The molecule has 10 heteroatoms. The Morgan fingerprint density at radius 2 is 1.93 bits per heavy atom. The molecule has 1 aromatic carbocycles. The Balaban J connectivity index is 1.33. The summed E-state index contributed by atoms with van der Waals surface area (Å²) in [4.78, 5) is 13.0. The molecule has 0 fully saturated rings. The van der Waals surface area contributed by atoms with Crippen LogP contribution in [0.4, 0.5) is 17.6 Å². The van der Waals surface area contributed by atoms with E-state index in [-0.39, 0.29) is 5.95 Å². The van der Waals surface area contributed by atoms with Crippen molar-refractivity contribution >= 4 is 23.4 Å². The summed E-state index contributed by atoms with van der Waals surface area (Å²) >= 11 is 0. The summed E-state index contributed by atoms with van der Waals surface area (Å²) < 4.78 is 11.8. The third-order valence-corrected chi connectivity index (χ3v) is 4.48. The van der Waals surface area contributed by atoms with Gasteiger partial charge >= 0.3 is 0 Å². The molecule has 3 heterocycles. The number of hydrogen-bond donors (Lipinski definition) is 3. The molecule has 4 N–H and O–H groups in total. The minimum absolute atomic E-state index is 0.205. The highest BCUT2D eigenvalue weighted by atomic mass is 16.5. The van der Waals surface area contributed by atoms with Gasteiger partial charge < -0.3 is 25.5 Å². The Hall–Kier alpha value is -3.66. The monoisotopic (exact) mass is 408 g/mol. The van der Waals surface area contributed by atoms with Gasteiger partial charge in [0.15, 0.2) is 5.76 Å². The Kier molecular flexibility index (Phi) is 6.04. The largest absolute Gasteiger partial charge is 0.461 e. The Morgan fingerprint density at radius 3 is 2.70 bits per heavy atom. The molecule has 0 aliphatic heterocycles. The van der Waals surface area contributed by atoms with E-state index in [1.807, 2.05) is 0 Å². The van der Waals surface area contributed by atoms with Crippen LogP contribution in [0.3, 0.4) is 0 Å². The molecule has 0 saturated carbocycles. The van der Waals surface area contributed by atoms with Crippen LogP contribution in [0.1, 0.15) is 12.0 Å². The molecule has 156 valence electrons. The summed E-state index contributed by atoms with van der Waals surface area (Å²) in [5.74, 6) is 1.94. The second-order valence-corrected chi connectivity index (χ2v) is 6.68. The minimum Gasteiger partial charge on any atom is -0.461 e. The summed E-state index contributed by atoms with van der Waals surface area (Å²) in [7, 11) is 1.71. The first-order chi connectivity index (χ1) is 14.7. The molecule has 0 aliphatic rings. The van der Waals surface area contributed by atoms with Crippen molar-refractivity contribution in [3.63, 3.8) is 0 Å². The van der Waals surface area contributed by atoms with E-state index in [9.17, 15) is 0 Å². The zero-order valence-corrected chi connectivity index (χ0v) is 16.7. The predicted molar refractivity (Wildman–Crippen MR) is 114 cm³/mol. The van der Waals surface area contributed by atoms with Gasteiger partial charge in [-0.15, -0.1) is 5.10 Å². The van der Waals surface area contributed by atoms with E-state index in [1.54, 1.807) is 25.5 Å². The van der Waals surface area contributed by atoms with E-state index in [4.69, 9.17) is 14.9 Å². The molecule has 0 unspecified atom stereocenters. The van der Waals surface area contributed by atoms with E-state index < -0.39 is 0 Å². The van der Waals surface area contributed by atoms with Crippen LogP contribution in [0, 0.1) is 0 Å². The second kappa shape index (κ2) is 9.23. The van der Waals surface area contributed by atoms with Crippen molar-refractivity contribution in [3.8, 4) is 11.6 Å². The minimum atomic E-state index is 0.205. The summed E-state index contributed by atoms with van der Waals surface area (Å²) in [5.41, 5.74) is 8.32. The lowest BCUT2D eigenvalue weighted by molar-refractivity contribution is 0.198. The van der Waals surface area contributed by atoms with Gasteiger partial charge in [-0.2, -0.15) is 19.5 Å². The fourth-order valence-electron chi connectivity index (χ4n) is 2.95. The molecule has 4 rings (SSSR count). The lowest BCUT2D eigenvalue weighted by Gasteiger charge is -2.08. The molecule has 30 heavy (non-hydrogen) atoms. The van der Waals surface area contributed by atoms with Gasteiger partial charge in [0.05, 0.1) is 6.26 Å². The maximum atomic E-state index is 6.01. The molecule has 0 amide bonds. The maximum Gasteiger partial charge on any atom is 0.259 e. The number of furan rings is 1. The van der Waals surface area contributed by atoms with Crippen molar-refractivity contribution in [3.05, 3.63) is 48.2 Å². The van der Waals surface area contributed by atoms with E-state index in [2.05, 4.69) is 54.9 Å². The van der Waals surface area contributed by atoms with E-state index >= 15 is 0 Å². The van der Waals surface area contributed by atoms with E-state index in [0.29, 0.717) is 29.9 Å². The first-order valence-corrected chi connectivity index (χ1v) is 9.73. The fraction of sp³-hybridized carbons (Fsp3) is 0.300. The van der Waals surface area contributed by atoms with Crippen molar-refractivity contribution in [2.45, 2.75) is 12.8 Å². The SMILES string of the molecule is COCCCNc1ccc(CCNc2nc(N)n3nc(-c4ccco4)nc3n2)cc1. The molecule has 0 aliphatic carbocycles. The normalized spacial score (nSPS) is 11.1. The van der Waals surface area contributed by atoms with Crippen LogP contribution in [-0.2, 0) is 11.2 Å². The predicted octanol–water partition coefficient (Wildman–Crippen LogP) is 2.46. The summed E-state index contributed by atoms with van der Waals surface area (Å²) in [6, 6.07) is 11.9. The van der Waals surface area contributed by atoms with Crippen LogP contribution in [0.5, 0.6) is 0 Å². The smallest absolute Gasteiger partial charge is 0.259 e. The number of hydrogen-bond acceptors (Lipinski definition) is 9. The number of aromatic nitrogens is 5. The van der Waals surface area contributed by atoms with Gasteiger partial charge in [0.25, 0.3) is 5.78 Å².